The number of halogens is 1. The molecule has 2 aromatic carbocycles. The number of aryl methyl sites for hydroxylation is 1. The lowest BCUT2D eigenvalue weighted by Gasteiger charge is -2.16. The van der Waals surface area contributed by atoms with Gasteiger partial charge in [-0.2, -0.15) is 0 Å². The Kier molecular flexibility index (Phi) is 8.34. The van der Waals surface area contributed by atoms with Gasteiger partial charge in [0, 0.05) is 39.5 Å². The molecular weight excluding hydrogens is 444 g/mol. The Morgan fingerprint density at radius 2 is 1.82 bits per heavy atom. The molecule has 0 radical (unpaired) electrons. The second kappa shape index (κ2) is 11.4. The molecule has 172 valence electrons. The molecule has 0 saturated heterocycles. The topological polar surface area (TPSA) is 73.8 Å². The maximum absolute atomic E-state index is 13.0. The Morgan fingerprint density at radius 3 is 2.47 bits per heavy atom. The summed E-state index contributed by atoms with van der Waals surface area (Å²) in [6.45, 7) is 5.35. The van der Waals surface area contributed by atoms with E-state index < -0.39 is 0 Å². The molecule has 0 unspecified atom stereocenters. The molecule has 0 aliphatic carbocycles. The maximum atomic E-state index is 13.0. The zero-order valence-electron chi connectivity index (χ0n) is 19.5. The van der Waals surface area contributed by atoms with E-state index in [-0.39, 0.29) is 18.0 Å². The minimum atomic E-state index is -0.187. The monoisotopic (exact) mass is 470 g/mol. The molecule has 34 heavy (non-hydrogen) atoms. The average molecular weight is 471 g/mol. The minimum absolute atomic E-state index is 0.0328. The molecule has 1 heterocycles. The van der Waals surface area contributed by atoms with Crippen LogP contribution >= 0.6 is 11.6 Å². The standard InChI is InChI=1S/C29H27ClN2O2/c1-4-28-22(14-15-31)16-24(32-28)12-13-25(34)18-27(20(3)33)29(21-8-6-5-7-9-21)26-17-23(30)11-10-19(26)2/h4-17,31-32H,18H2,1-3H3/b13-12+,22-14-,28-4+,29-27-,31-15?. The Hall–Kier alpha value is -3.76. The molecule has 0 aliphatic rings. The number of H-pyrrole nitrogens is 1. The highest BCUT2D eigenvalue weighted by molar-refractivity contribution is 6.30. The number of aromatic nitrogens is 1. The van der Waals surface area contributed by atoms with Gasteiger partial charge in [0.2, 0.25) is 0 Å². The maximum Gasteiger partial charge on any atom is 0.160 e. The van der Waals surface area contributed by atoms with Gasteiger partial charge in [0.05, 0.1) is 0 Å². The lowest BCUT2D eigenvalue weighted by atomic mass is 9.87. The van der Waals surface area contributed by atoms with Crippen molar-refractivity contribution in [1.29, 1.82) is 5.41 Å². The normalized spacial score (nSPS) is 13.3. The number of aromatic amines is 1. The summed E-state index contributed by atoms with van der Waals surface area (Å²) in [5, 5.41) is 9.61. The second-order valence-corrected chi connectivity index (χ2v) is 8.36. The van der Waals surface area contributed by atoms with E-state index >= 15 is 0 Å². The Morgan fingerprint density at radius 1 is 1.09 bits per heavy atom. The van der Waals surface area contributed by atoms with Crippen LogP contribution in [0.2, 0.25) is 5.02 Å². The van der Waals surface area contributed by atoms with Crippen LogP contribution < -0.4 is 10.6 Å². The van der Waals surface area contributed by atoms with Gasteiger partial charge in [0.15, 0.2) is 11.6 Å². The lowest BCUT2D eigenvalue weighted by Crippen LogP contribution is -2.21. The van der Waals surface area contributed by atoms with Crippen LogP contribution in [0.4, 0.5) is 0 Å². The molecule has 0 fully saturated rings. The van der Waals surface area contributed by atoms with Gasteiger partial charge >= 0.3 is 0 Å². The zero-order valence-corrected chi connectivity index (χ0v) is 20.2. The molecule has 1 aromatic heterocycles. The molecule has 0 saturated carbocycles. The van der Waals surface area contributed by atoms with Gasteiger partial charge in [0.1, 0.15) is 0 Å². The molecule has 3 rings (SSSR count). The number of allylic oxidation sites excluding steroid dienone is 2. The molecular formula is C29H27ClN2O2. The number of ketones is 2. The van der Waals surface area contributed by atoms with Crippen LogP contribution in [-0.2, 0) is 9.59 Å². The minimum Gasteiger partial charge on any atom is -0.355 e. The van der Waals surface area contributed by atoms with Crippen LogP contribution in [0.25, 0.3) is 23.8 Å². The van der Waals surface area contributed by atoms with E-state index in [1.807, 2.05) is 74.5 Å². The predicted octanol–water partition coefficient (Wildman–Crippen LogP) is 5.27. The fourth-order valence-electron chi connectivity index (χ4n) is 3.83. The van der Waals surface area contributed by atoms with Crippen molar-refractivity contribution in [3.8, 4) is 0 Å². The van der Waals surface area contributed by atoms with Gasteiger partial charge in [-0.05, 0) is 79.5 Å². The van der Waals surface area contributed by atoms with Crippen LogP contribution in [0, 0.1) is 12.3 Å². The zero-order chi connectivity index (χ0) is 24.7. The summed E-state index contributed by atoms with van der Waals surface area (Å²) in [4.78, 5) is 29.0. The van der Waals surface area contributed by atoms with Crippen molar-refractivity contribution in [2.24, 2.45) is 0 Å². The van der Waals surface area contributed by atoms with E-state index in [1.165, 1.54) is 19.2 Å². The SMILES string of the molecule is C/C=c1/[nH]c(/C=C/C(=O)C/C(C(C)=O)=C(\c2ccccc2)c2cc(Cl)ccc2C)c/c1=C/C=N. The van der Waals surface area contributed by atoms with Crippen molar-refractivity contribution in [3.63, 3.8) is 0 Å². The number of carbonyl (C=O) groups is 2. The summed E-state index contributed by atoms with van der Waals surface area (Å²) in [6.07, 6.45) is 7.96. The van der Waals surface area contributed by atoms with Crippen molar-refractivity contribution in [2.45, 2.75) is 27.2 Å². The first-order valence-corrected chi connectivity index (χ1v) is 11.3. The lowest BCUT2D eigenvalue weighted by molar-refractivity contribution is -0.117. The van der Waals surface area contributed by atoms with Crippen LogP contribution in [-0.4, -0.2) is 22.8 Å². The number of carbonyl (C=O) groups excluding carboxylic acids is 2. The number of nitrogens with one attached hydrogen (secondary N) is 2. The average Bonchev–Trinajstić information content (AvgIpc) is 3.22. The number of hydrogen-bond donors (Lipinski definition) is 2. The molecule has 0 aliphatic heterocycles. The molecule has 4 nitrogen and oxygen atoms in total. The van der Waals surface area contributed by atoms with Crippen molar-refractivity contribution < 1.29 is 9.59 Å². The Bertz CT molecular complexity index is 1410. The van der Waals surface area contributed by atoms with Crippen molar-refractivity contribution in [3.05, 3.63) is 104 Å². The van der Waals surface area contributed by atoms with Crippen LogP contribution in [0.1, 0.15) is 42.7 Å². The summed E-state index contributed by atoms with van der Waals surface area (Å²) in [6, 6.07) is 17.0. The van der Waals surface area contributed by atoms with Gasteiger partial charge in [-0.1, -0.05) is 54.1 Å². The largest absolute Gasteiger partial charge is 0.355 e. The fourth-order valence-corrected chi connectivity index (χ4v) is 4.00. The van der Waals surface area contributed by atoms with Gasteiger partial charge in [-0.3, -0.25) is 9.59 Å². The van der Waals surface area contributed by atoms with Crippen LogP contribution in [0.3, 0.4) is 0 Å². The van der Waals surface area contributed by atoms with Crippen molar-refractivity contribution in [2.75, 3.05) is 0 Å². The van der Waals surface area contributed by atoms with Crippen LogP contribution in [0.15, 0.2) is 66.2 Å². The van der Waals surface area contributed by atoms with E-state index in [4.69, 9.17) is 17.0 Å². The van der Waals surface area contributed by atoms with Crippen LogP contribution in [0.5, 0.6) is 0 Å². The van der Waals surface area contributed by atoms with E-state index in [9.17, 15) is 9.59 Å². The smallest absolute Gasteiger partial charge is 0.160 e. The molecule has 5 heteroatoms. The number of Topliss-reactive ketones (excluding diaryl/α,β-unsaturated/α-hetero) is 1. The molecule has 2 N–H and O–H groups in total. The van der Waals surface area contributed by atoms with E-state index in [1.54, 1.807) is 12.2 Å². The molecule has 0 bridgehead atoms. The van der Waals surface area contributed by atoms with E-state index in [2.05, 4.69) is 4.98 Å². The van der Waals surface area contributed by atoms with Gasteiger partial charge < -0.3 is 10.4 Å². The molecule has 0 amide bonds. The highest BCUT2D eigenvalue weighted by Crippen LogP contribution is 2.33. The predicted molar refractivity (Wildman–Crippen MR) is 141 cm³/mol. The number of benzene rings is 2. The molecule has 0 atom stereocenters. The quantitative estimate of drug-likeness (QED) is 0.347. The summed E-state index contributed by atoms with van der Waals surface area (Å²) in [7, 11) is 0. The summed E-state index contributed by atoms with van der Waals surface area (Å²) in [5.74, 6) is -0.349. The highest BCUT2D eigenvalue weighted by Gasteiger charge is 2.19. The Balaban J connectivity index is 2.06. The fraction of sp³-hybridized carbons (Fsp3) is 0.138. The molecule has 3 aromatic rings. The summed E-state index contributed by atoms with van der Waals surface area (Å²) >= 11 is 6.30. The summed E-state index contributed by atoms with van der Waals surface area (Å²) in [5.41, 5.74) is 4.57. The first kappa shape index (κ1) is 24.9. The van der Waals surface area contributed by atoms with E-state index in [0.29, 0.717) is 10.6 Å². The third kappa shape index (κ3) is 5.97. The van der Waals surface area contributed by atoms with Crippen molar-refractivity contribution in [1.82, 2.24) is 4.98 Å². The van der Waals surface area contributed by atoms with Gasteiger partial charge in [0.25, 0.3) is 0 Å². The van der Waals surface area contributed by atoms with Gasteiger partial charge in [-0.25, -0.2) is 0 Å². The highest BCUT2D eigenvalue weighted by atomic mass is 35.5. The molecule has 0 spiro atoms. The third-order valence-corrected chi connectivity index (χ3v) is 5.75. The number of hydrogen-bond acceptors (Lipinski definition) is 3. The second-order valence-electron chi connectivity index (χ2n) is 7.93. The summed E-state index contributed by atoms with van der Waals surface area (Å²) < 4.78 is 0. The van der Waals surface area contributed by atoms with Gasteiger partial charge in [-0.15, -0.1) is 0 Å². The van der Waals surface area contributed by atoms with E-state index in [0.717, 1.165) is 38.5 Å². The Labute approximate surface area is 204 Å². The third-order valence-electron chi connectivity index (χ3n) is 5.51. The first-order valence-electron chi connectivity index (χ1n) is 11.0. The first-order chi connectivity index (χ1) is 16.3. The number of rotatable bonds is 8. The van der Waals surface area contributed by atoms with Crippen molar-refractivity contribution >= 4 is 53.2 Å².